The molecule has 2 fully saturated rings. The van der Waals surface area contributed by atoms with Crippen LogP contribution in [0.1, 0.15) is 38.7 Å². The molecule has 146 valence electrons. The number of piperidine rings is 1. The molecule has 26 heavy (non-hydrogen) atoms. The number of piperazine rings is 1. The molecular formula is C21H34FN3O. The topological polar surface area (TPSA) is 30.0 Å². The maximum Gasteiger partial charge on any atom is 0.127 e. The second kappa shape index (κ2) is 9.27. The highest BCUT2D eigenvalue weighted by Gasteiger charge is 2.32. The fraction of sp³-hybridized carbons (Fsp3) is 0.714. The van der Waals surface area contributed by atoms with E-state index in [1.165, 1.54) is 32.0 Å². The van der Waals surface area contributed by atoms with Gasteiger partial charge in [-0.15, -0.1) is 0 Å². The van der Waals surface area contributed by atoms with Gasteiger partial charge < -0.3 is 10.0 Å². The molecule has 2 heterocycles. The Morgan fingerprint density at radius 2 is 1.85 bits per heavy atom. The van der Waals surface area contributed by atoms with Crippen LogP contribution >= 0.6 is 0 Å². The van der Waals surface area contributed by atoms with Crippen LogP contribution < -0.4 is 0 Å². The molecule has 0 bridgehead atoms. The fourth-order valence-electron chi connectivity index (χ4n) is 4.49. The van der Waals surface area contributed by atoms with Gasteiger partial charge in [-0.1, -0.05) is 18.2 Å². The molecule has 0 saturated carbocycles. The Labute approximate surface area is 157 Å². The number of halogens is 1. The first-order valence-electron chi connectivity index (χ1n) is 10.1. The fourth-order valence-corrected chi connectivity index (χ4v) is 4.49. The monoisotopic (exact) mass is 363 g/mol. The highest BCUT2D eigenvalue weighted by atomic mass is 19.1. The van der Waals surface area contributed by atoms with Crippen molar-refractivity contribution < 1.29 is 9.50 Å². The summed E-state index contributed by atoms with van der Waals surface area (Å²) in [4.78, 5) is 7.54. The summed E-state index contributed by atoms with van der Waals surface area (Å²) in [7, 11) is 0. The number of likely N-dealkylation sites (tertiary alicyclic amines) is 1. The molecule has 2 saturated heterocycles. The molecule has 0 aromatic heterocycles. The van der Waals surface area contributed by atoms with Gasteiger partial charge in [0, 0.05) is 56.5 Å². The van der Waals surface area contributed by atoms with Gasteiger partial charge in [0.1, 0.15) is 5.82 Å². The highest BCUT2D eigenvalue weighted by molar-refractivity contribution is 5.17. The molecule has 3 rings (SSSR count). The minimum Gasteiger partial charge on any atom is -0.396 e. The summed E-state index contributed by atoms with van der Waals surface area (Å²) in [5, 5.41) is 9.52. The average molecular weight is 364 g/mol. The van der Waals surface area contributed by atoms with E-state index in [9.17, 15) is 9.50 Å². The third kappa shape index (κ3) is 4.83. The minimum absolute atomic E-state index is 0.126. The van der Waals surface area contributed by atoms with E-state index in [0.29, 0.717) is 24.7 Å². The lowest BCUT2D eigenvalue weighted by molar-refractivity contribution is 0.00950. The summed E-state index contributed by atoms with van der Waals surface area (Å²) in [5.74, 6) is -0.126. The maximum atomic E-state index is 14.0. The van der Waals surface area contributed by atoms with Crippen molar-refractivity contribution in [1.29, 1.82) is 0 Å². The Hall–Kier alpha value is -1.01. The highest BCUT2D eigenvalue weighted by Crippen LogP contribution is 2.24. The van der Waals surface area contributed by atoms with Crippen molar-refractivity contribution in [3.05, 3.63) is 35.6 Å². The summed E-state index contributed by atoms with van der Waals surface area (Å²) >= 11 is 0. The maximum absolute atomic E-state index is 14.0. The standard InChI is InChI=1S/C21H34FN3O/c1-17(2)23-10-7-19(8-11-23)25-13-12-24(20(16-25)9-14-26)15-18-5-3-4-6-21(18)22/h3-6,17,19-20,26H,7-16H2,1-2H3/t20-/m1/s1. The van der Waals surface area contributed by atoms with Crippen molar-refractivity contribution in [2.24, 2.45) is 0 Å². The van der Waals surface area contributed by atoms with Crippen LogP contribution in [0, 0.1) is 5.82 Å². The number of rotatable bonds is 6. The lowest BCUT2D eigenvalue weighted by atomic mass is 9.98. The van der Waals surface area contributed by atoms with Gasteiger partial charge in [-0.25, -0.2) is 4.39 Å². The van der Waals surface area contributed by atoms with Crippen molar-refractivity contribution in [3.8, 4) is 0 Å². The van der Waals surface area contributed by atoms with Crippen LogP contribution in [-0.2, 0) is 6.54 Å². The molecule has 1 atom stereocenters. The van der Waals surface area contributed by atoms with Gasteiger partial charge in [0.15, 0.2) is 0 Å². The Bertz CT molecular complexity index is 560. The van der Waals surface area contributed by atoms with Crippen LogP contribution in [0.25, 0.3) is 0 Å². The smallest absolute Gasteiger partial charge is 0.127 e. The molecule has 5 heteroatoms. The van der Waals surface area contributed by atoms with Crippen molar-refractivity contribution in [1.82, 2.24) is 14.7 Å². The average Bonchev–Trinajstić information content (AvgIpc) is 2.65. The van der Waals surface area contributed by atoms with E-state index in [2.05, 4.69) is 28.5 Å². The molecule has 4 nitrogen and oxygen atoms in total. The summed E-state index contributed by atoms with van der Waals surface area (Å²) in [5.41, 5.74) is 0.758. The van der Waals surface area contributed by atoms with Crippen LogP contribution in [0.4, 0.5) is 4.39 Å². The first-order chi connectivity index (χ1) is 12.6. The Morgan fingerprint density at radius 3 is 2.50 bits per heavy atom. The van der Waals surface area contributed by atoms with Crippen molar-refractivity contribution in [2.75, 3.05) is 39.3 Å². The molecule has 0 amide bonds. The van der Waals surface area contributed by atoms with Crippen molar-refractivity contribution in [3.63, 3.8) is 0 Å². The third-order valence-electron chi connectivity index (χ3n) is 6.18. The molecule has 2 aliphatic rings. The molecule has 0 radical (unpaired) electrons. The van der Waals surface area contributed by atoms with Crippen LogP contribution in [0.3, 0.4) is 0 Å². The number of nitrogens with zero attached hydrogens (tertiary/aromatic N) is 3. The number of aliphatic hydroxyl groups is 1. The molecule has 0 unspecified atom stereocenters. The van der Waals surface area contributed by atoms with Crippen molar-refractivity contribution in [2.45, 2.75) is 57.8 Å². The normalized spacial score (nSPS) is 24.4. The van der Waals surface area contributed by atoms with E-state index in [4.69, 9.17) is 0 Å². The second-order valence-corrected chi connectivity index (χ2v) is 8.08. The lowest BCUT2D eigenvalue weighted by Gasteiger charge is -2.47. The Balaban J connectivity index is 1.58. The third-order valence-corrected chi connectivity index (χ3v) is 6.18. The van der Waals surface area contributed by atoms with Gasteiger partial charge >= 0.3 is 0 Å². The number of hydrogen-bond acceptors (Lipinski definition) is 4. The molecule has 1 aromatic carbocycles. The molecule has 2 aliphatic heterocycles. The predicted molar refractivity (Wildman–Crippen MR) is 104 cm³/mol. The molecule has 0 aliphatic carbocycles. The Kier molecular flexibility index (Phi) is 7.04. The van der Waals surface area contributed by atoms with Crippen LogP contribution in [-0.4, -0.2) is 77.3 Å². The van der Waals surface area contributed by atoms with E-state index in [-0.39, 0.29) is 12.4 Å². The summed E-state index contributed by atoms with van der Waals surface area (Å²) in [6.45, 7) is 10.7. The zero-order valence-electron chi connectivity index (χ0n) is 16.3. The van der Waals surface area contributed by atoms with Gasteiger partial charge in [-0.05, 0) is 52.3 Å². The summed E-state index contributed by atoms with van der Waals surface area (Å²) in [6.07, 6.45) is 3.23. The second-order valence-electron chi connectivity index (χ2n) is 8.08. The van der Waals surface area contributed by atoms with Crippen LogP contribution in [0.2, 0.25) is 0 Å². The molecule has 0 spiro atoms. The van der Waals surface area contributed by atoms with Gasteiger partial charge in [-0.2, -0.15) is 0 Å². The lowest BCUT2D eigenvalue weighted by Crippen LogP contribution is -2.57. The van der Waals surface area contributed by atoms with Crippen LogP contribution in [0.5, 0.6) is 0 Å². The zero-order valence-corrected chi connectivity index (χ0v) is 16.3. The van der Waals surface area contributed by atoms with Crippen LogP contribution in [0.15, 0.2) is 24.3 Å². The van der Waals surface area contributed by atoms with E-state index in [0.717, 1.165) is 31.6 Å². The molecule has 1 N–H and O–H groups in total. The molecular weight excluding hydrogens is 329 g/mol. The van der Waals surface area contributed by atoms with E-state index in [1.54, 1.807) is 6.07 Å². The van der Waals surface area contributed by atoms with Gasteiger partial charge in [-0.3, -0.25) is 9.80 Å². The van der Waals surface area contributed by atoms with Gasteiger partial charge in [0.05, 0.1) is 0 Å². The summed E-state index contributed by atoms with van der Waals surface area (Å²) in [6, 6.07) is 8.65. The predicted octanol–water partition coefficient (Wildman–Crippen LogP) is 2.57. The van der Waals surface area contributed by atoms with Gasteiger partial charge in [0.2, 0.25) is 0 Å². The Morgan fingerprint density at radius 1 is 1.12 bits per heavy atom. The zero-order chi connectivity index (χ0) is 18.5. The van der Waals surface area contributed by atoms with E-state index in [1.807, 2.05) is 12.1 Å². The van der Waals surface area contributed by atoms with Crippen molar-refractivity contribution >= 4 is 0 Å². The number of hydrogen-bond donors (Lipinski definition) is 1. The van der Waals surface area contributed by atoms with Gasteiger partial charge in [0.25, 0.3) is 0 Å². The van der Waals surface area contributed by atoms with E-state index >= 15 is 0 Å². The minimum atomic E-state index is -0.126. The molecule has 1 aromatic rings. The number of benzene rings is 1. The first-order valence-corrected chi connectivity index (χ1v) is 10.1. The number of aliphatic hydroxyl groups excluding tert-OH is 1. The van der Waals surface area contributed by atoms with E-state index < -0.39 is 0 Å². The SMILES string of the molecule is CC(C)N1CCC(N2CCN(Cc3ccccc3F)[C@H](CCO)C2)CC1. The quantitative estimate of drug-likeness (QED) is 0.841. The first kappa shape index (κ1) is 19.7. The largest absolute Gasteiger partial charge is 0.396 e. The summed E-state index contributed by atoms with van der Waals surface area (Å²) < 4.78 is 14.0.